The number of methoxy groups -OCH3 is 1. The molecular weight excluding hydrogens is 347 g/mol. The molecule has 0 aromatic heterocycles. The van der Waals surface area contributed by atoms with Gasteiger partial charge in [0.1, 0.15) is 11.6 Å². The average Bonchev–Trinajstić information content (AvgIpc) is 3.02. The molecule has 1 aliphatic rings. The second kappa shape index (κ2) is 8.20. The van der Waals surface area contributed by atoms with Gasteiger partial charge >= 0.3 is 0 Å². The van der Waals surface area contributed by atoms with Gasteiger partial charge in [0.2, 0.25) is 11.8 Å². The fourth-order valence-electron chi connectivity index (χ4n) is 3.23. The summed E-state index contributed by atoms with van der Waals surface area (Å²) < 4.78 is 18.3. The lowest BCUT2D eigenvalue weighted by Crippen LogP contribution is -2.30. The van der Waals surface area contributed by atoms with Crippen molar-refractivity contribution in [2.45, 2.75) is 19.8 Å². The van der Waals surface area contributed by atoms with E-state index >= 15 is 0 Å². The molecule has 5 nitrogen and oxygen atoms in total. The average molecular weight is 370 g/mol. The van der Waals surface area contributed by atoms with Crippen LogP contribution in [0.2, 0.25) is 0 Å². The van der Waals surface area contributed by atoms with E-state index in [9.17, 15) is 14.0 Å². The Hall–Kier alpha value is -2.89. The van der Waals surface area contributed by atoms with Gasteiger partial charge < -0.3 is 15.0 Å². The number of benzene rings is 2. The fraction of sp³-hybridized carbons (Fsp3) is 0.333. The van der Waals surface area contributed by atoms with Gasteiger partial charge in [-0.1, -0.05) is 18.2 Å². The number of carbonyl (C=O) groups excluding carboxylic acids is 2. The van der Waals surface area contributed by atoms with Crippen LogP contribution in [0.25, 0.3) is 0 Å². The number of hydrogen-bond donors (Lipinski definition) is 1. The van der Waals surface area contributed by atoms with Crippen molar-refractivity contribution in [3.05, 3.63) is 59.4 Å². The minimum atomic E-state index is -0.393. The van der Waals surface area contributed by atoms with Crippen LogP contribution in [-0.2, 0) is 16.0 Å². The Bertz CT molecular complexity index is 836. The molecule has 1 fully saturated rings. The highest BCUT2D eigenvalue weighted by molar-refractivity contribution is 5.98. The molecule has 0 radical (unpaired) electrons. The summed E-state index contributed by atoms with van der Waals surface area (Å²) in [4.78, 5) is 26.6. The van der Waals surface area contributed by atoms with Crippen LogP contribution in [0.3, 0.4) is 0 Å². The lowest BCUT2D eigenvalue weighted by atomic mass is 10.1. The molecule has 0 saturated carbocycles. The van der Waals surface area contributed by atoms with E-state index in [0.29, 0.717) is 30.9 Å². The first kappa shape index (κ1) is 18.9. The number of aryl methyl sites for hydroxylation is 1. The molecule has 1 aliphatic heterocycles. The fourth-order valence-corrected chi connectivity index (χ4v) is 3.23. The van der Waals surface area contributed by atoms with Crippen molar-refractivity contribution in [1.29, 1.82) is 0 Å². The molecule has 27 heavy (non-hydrogen) atoms. The zero-order chi connectivity index (χ0) is 19.4. The molecule has 2 amide bonds. The maximum Gasteiger partial charge on any atom is 0.229 e. The third kappa shape index (κ3) is 4.64. The number of halogens is 1. The maximum absolute atomic E-state index is 13.0. The molecule has 1 heterocycles. The molecule has 3 rings (SSSR count). The summed E-state index contributed by atoms with van der Waals surface area (Å²) in [6.45, 7) is 2.84. The highest BCUT2D eigenvalue weighted by Crippen LogP contribution is 2.27. The highest BCUT2D eigenvalue weighted by Gasteiger charge is 2.34. The summed E-state index contributed by atoms with van der Waals surface area (Å²) in [7, 11) is 1.55. The van der Waals surface area contributed by atoms with Crippen LogP contribution in [0.1, 0.15) is 17.5 Å². The first-order valence-electron chi connectivity index (χ1n) is 8.94. The normalized spacial score (nSPS) is 16.5. The molecule has 0 aliphatic carbocycles. The molecule has 0 unspecified atom stereocenters. The summed E-state index contributed by atoms with van der Waals surface area (Å²) >= 11 is 0. The number of rotatable bonds is 6. The standard InChI is InChI=1S/C21H23FN2O3/c1-14-3-8-19(27-2)18(11-14)23-21(26)16-12-20(25)24(13-16)10-9-15-4-6-17(22)7-5-15/h3-8,11,16H,9-10,12-13H2,1-2H3,(H,23,26)/t16-/m1/s1. The summed E-state index contributed by atoms with van der Waals surface area (Å²) in [5.41, 5.74) is 2.58. The second-order valence-corrected chi connectivity index (χ2v) is 6.81. The van der Waals surface area contributed by atoms with Gasteiger partial charge in [-0.25, -0.2) is 4.39 Å². The van der Waals surface area contributed by atoms with Crippen LogP contribution in [0, 0.1) is 18.7 Å². The zero-order valence-electron chi connectivity index (χ0n) is 15.5. The Morgan fingerprint density at radius 2 is 2.00 bits per heavy atom. The largest absolute Gasteiger partial charge is 0.495 e. The maximum atomic E-state index is 13.0. The minimum absolute atomic E-state index is 0.0338. The van der Waals surface area contributed by atoms with Crippen LogP contribution >= 0.6 is 0 Å². The Labute approximate surface area is 158 Å². The van der Waals surface area contributed by atoms with E-state index in [0.717, 1.165) is 11.1 Å². The van der Waals surface area contributed by atoms with Gasteiger partial charge in [0.25, 0.3) is 0 Å². The van der Waals surface area contributed by atoms with Gasteiger partial charge in [-0.15, -0.1) is 0 Å². The SMILES string of the molecule is COc1ccc(C)cc1NC(=O)[C@@H]1CC(=O)N(CCc2ccc(F)cc2)C1. The smallest absolute Gasteiger partial charge is 0.229 e. The van der Waals surface area contributed by atoms with Crippen molar-refractivity contribution in [2.75, 3.05) is 25.5 Å². The molecule has 1 atom stereocenters. The number of anilines is 1. The number of likely N-dealkylation sites (tertiary alicyclic amines) is 1. The summed E-state index contributed by atoms with van der Waals surface area (Å²) in [5.74, 6) is -0.299. The first-order valence-corrected chi connectivity index (χ1v) is 8.94. The van der Waals surface area contributed by atoms with Gasteiger partial charge in [-0.2, -0.15) is 0 Å². The Morgan fingerprint density at radius 1 is 1.26 bits per heavy atom. The van der Waals surface area contributed by atoms with Crippen molar-refractivity contribution < 1.29 is 18.7 Å². The molecule has 1 saturated heterocycles. The lowest BCUT2D eigenvalue weighted by Gasteiger charge is -2.17. The monoisotopic (exact) mass is 370 g/mol. The van der Waals surface area contributed by atoms with E-state index in [1.165, 1.54) is 12.1 Å². The van der Waals surface area contributed by atoms with Gasteiger partial charge in [0.15, 0.2) is 0 Å². The number of carbonyl (C=O) groups is 2. The molecule has 142 valence electrons. The van der Waals surface area contributed by atoms with Crippen molar-refractivity contribution >= 4 is 17.5 Å². The van der Waals surface area contributed by atoms with Gasteiger partial charge in [-0.3, -0.25) is 9.59 Å². The van der Waals surface area contributed by atoms with E-state index in [4.69, 9.17) is 4.74 Å². The Morgan fingerprint density at radius 3 is 2.70 bits per heavy atom. The summed E-state index contributed by atoms with van der Waals surface area (Å²) in [6, 6.07) is 11.8. The van der Waals surface area contributed by atoms with Gasteiger partial charge in [0, 0.05) is 19.5 Å². The molecule has 0 bridgehead atoms. The summed E-state index contributed by atoms with van der Waals surface area (Å²) in [5, 5.41) is 2.88. The first-order chi connectivity index (χ1) is 13.0. The Balaban J connectivity index is 1.58. The van der Waals surface area contributed by atoms with Gasteiger partial charge in [-0.05, 0) is 48.7 Å². The van der Waals surface area contributed by atoms with Crippen LogP contribution in [0.15, 0.2) is 42.5 Å². The molecule has 2 aromatic carbocycles. The highest BCUT2D eigenvalue weighted by atomic mass is 19.1. The number of hydrogen-bond acceptors (Lipinski definition) is 3. The molecular formula is C21H23FN2O3. The van der Waals surface area contributed by atoms with Crippen LogP contribution in [0.5, 0.6) is 5.75 Å². The third-order valence-electron chi connectivity index (χ3n) is 4.78. The van der Waals surface area contributed by atoms with Crippen molar-refractivity contribution in [3.8, 4) is 5.75 Å². The Kier molecular flexibility index (Phi) is 5.74. The number of nitrogens with one attached hydrogen (secondary N) is 1. The third-order valence-corrected chi connectivity index (χ3v) is 4.78. The quantitative estimate of drug-likeness (QED) is 0.850. The van der Waals surface area contributed by atoms with Gasteiger partial charge in [0.05, 0.1) is 18.7 Å². The minimum Gasteiger partial charge on any atom is -0.495 e. The molecule has 6 heteroatoms. The number of ether oxygens (including phenoxy) is 1. The van der Waals surface area contributed by atoms with Crippen molar-refractivity contribution in [1.82, 2.24) is 4.90 Å². The van der Waals surface area contributed by atoms with Crippen molar-refractivity contribution in [2.24, 2.45) is 5.92 Å². The van der Waals surface area contributed by atoms with Crippen LogP contribution in [0.4, 0.5) is 10.1 Å². The van der Waals surface area contributed by atoms with E-state index in [2.05, 4.69) is 5.32 Å². The van der Waals surface area contributed by atoms with E-state index in [1.54, 1.807) is 30.2 Å². The predicted molar refractivity (Wildman–Crippen MR) is 101 cm³/mol. The summed E-state index contributed by atoms with van der Waals surface area (Å²) in [6.07, 6.45) is 0.829. The second-order valence-electron chi connectivity index (χ2n) is 6.81. The lowest BCUT2D eigenvalue weighted by molar-refractivity contribution is -0.128. The number of amides is 2. The molecule has 2 aromatic rings. The van der Waals surface area contributed by atoms with Crippen LogP contribution in [-0.4, -0.2) is 36.9 Å². The molecule has 0 spiro atoms. The molecule has 1 N–H and O–H groups in total. The predicted octanol–water partition coefficient (Wildman–Crippen LogP) is 3.17. The van der Waals surface area contributed by atoms with E-state index < -0.39 is 5.92 Å². The van der Waals surface area contributed by atoms with Crippen molar-refractivity contribution in [3.63, 3.8) is 0 Å². The van der Waals surface area contributed by atoms with E-state index in [1.807, 2.05) is 19.1 Å². The topological polar surface area (TPSA) is 58.6 Å². The zero-order valence-corrected chi connectivity index (χ0v) is 15.5. The number of nitrogens with zero attached hydrogens (tertiary/aromatic N) is 1. The van der Waals surface area contributed by atoms with Crippen LogP contribution < -0.4 is 10.1 Å². The van der Waals surface area contributed by atoms with E-state index in [-0.39, 0.29) is 24.1 Å².